The molecule has 3 fully saturated rings. The zero-order valence-electron chi connectivity index (χ0n) is 9.79. The molecule has 2 aliphatic heterocycles. The molecule has 0 unspecified atom stereocenters. The third-order valence-electron chi connectivity index (χ3n) is 4.44. The van der Waals surface area contributed by atoms with E-state index in [1.165, 1.54) is 11.1 Å². The molecule has 2 N–H and O–H groups in total. The molecule has 0 radical (unpaired) electrons. The van der Waals surface area contributed by atoms with E-state index in [-0.39, 0.29) is 5.41 Å². The lowest BCUT2D eigenvalue weighted by atomic mass is 9.48. The Kier molecular flexibility index (Phi) is 2.13. The summed E-state index contributed by atoms with van der Waals surface area (Å²) in [5.74, 6) is 0. The van der Waals surface area contributed by atoms with Crippen molar-refractivity contribution in [2.24, 2.45) is 5.41 Å². The Morgan fingerprint density at radius 1 is 1.25 bits per heavy atom. The molecular formula is C14H19NO. The third kappa shape index (κ3) is 1.26. The van der Waals surface area contributed by atoms with Crippen LogP contribution in [0.25, 0.3) is 0 Å². The summed E-state index contributed by atoms with van der Waals surface area (Å²) in [6.45, 7) is 4.57. The number of hydrogen-bond donors (Lipinski definition) is 2. The molecule has 0 aromatic heterocycles. The predicted octanol–water partition coefficient (Wildman–Crippen LogP) is 1.61. The zero-order valence-corrected chi connectivity index (χ0v) is 9.79. The minimum atomic E-state index is 0.167. The molecule has 3 aliphatic rings. The number of nitrogens with one attached hydrogen (secondary N) is 1. The van der Waals surface area contributed by atoms with Crippen LogP contribution in [0.15, 0.2) is 24.3 Å². The third-order valence-corrected chi connectivity index (χ3v) is 4.44. The summed E-state index contributed by atoms with van der Waals surface area (Å²) in [4.78, 5) is 0. The van der Waals surface area contributed by atoms with E-state index >= 15 is 0 Å². The number of aryl methyl sites for hydroxylation is 1. The van der Waals surface area contributed by atoms with Gasteiger partial charge < -0.3 is 10.4 Å². The van der Waals surface area contributed by atoms with Gasteiger partial charge in [-0.15, -0.1) is 0 Å². The van der Waals surface area contributed by atoms with Crippen LogP contribution in [0.1, 0.15) is 24.0 Å². The first kappa shape index (κ1) is 10.3. The van der Waals surface area contributed by atoms with E-state index in [9.17, 15) is 5.11 Å². The second-order valence-corrected chi connectivity index (χ2v) is 5.71. The lowest BCUT2D eigenvalue weighted by Crippen LogP contribution is -2.65. The van der Waals surface area contributed by atoms with E-state index < -0.39 is 0 Å². The topological polar surface area (TPSA) is 32.3 Å². The zero-order chi connectivity index (χ0) is 11.2. The van der Waals surface area contributed by atoms with Gasteiger partial charge in [0.2, 0.25) is 0 Å². The maximum Gasteiger partial charge on any atom is 0.0500 e. The molecular weight excluding hydrogens is 198 g/mol. The standard InChI is InChI=1S/C14H19NO/c1-11-4-2-3-5-12(11)14-6-13(7-14,10-16)8-15-9-14/h2-5,15-16H,6-10H2,1H3. The van der Waals surface area contributed by atoms with Crippen LogP contribution in [0, 0.1) is 12.3 Å². The number of aliphatic hydroxyl groups is 1. The predicted molar refractivity (Wildman–Crippen MR) is 64.5 cm³/mol. The van der Waals surface area contributed by atoms with Crippen LogP contribution in [-0.2, 0) is 5.41 Å². The normalized spacial score (nSPS) is 36.9. The Morgan fingerprint density at radius 2 is 2.00 bits per heavy atom. The molecule has 0 atom stereocenters. The van der Waals surface area contributed by atoms with Gasteiger partial charge in [0.25, 0.3) is 0 Å². The lowest BCUT2D eigenvalue weighted by molar-refractivity contribution is -0.0584. The summed E-state index contributed by atoms with van der Waals surface area (Å²) in [5.41, 5.74) is 3.33. The van der Waals surface area contributed by atoms with E-state index in [0.29, 0.717) is 12.0 Å². The average Bonchev–Trinajstić information content (AvgIpc) is 2.29. The molecule has 1 aliphatic carbocycles. The Hall–Kier alpha value is -0.860. The lowest BCUT2D eigenvalue weighted by Gasteiger charge is -2.61. The molecule has 16 heavy (non-hydrogen) atoms. The van der Waals surface area contributed by atoms with Gasteiger partial charge in [0, 0.05) is 30.5 Å². The molecule has 86 valence electrons. The number of hydrogen-bond acceptors (Lipinski definition) is 2. The van der Waals surface area contributed by atoms with Crippen molar-refractivity contribution in [3.05, 3.63) is 35.4 Å². The van der Waals surface area contributed by atoms with Gasteiger partial charge in [-0.25, -0.2) is 0 Å². The van der Waals surface area contributed by atoms with Crippen LogP contribution in [0.5, 0.6) is 0 Å². The van der Waals surface area contributed by atoms with Crippen molar-refractivity contribution >= 4 is 0 Å². The maximum atomic E-state index is 9.48. The highest BCUT2D eigenvalue weighted by Crippen LogP contribution is 2.57. The van der Waals surface area contributed by atoms with Crippen molar-refractivity contribution in [1.29, 1.82) is 0 Å². The first-order chi connectivity index (χ1) is 7.70. The molecule has 2 nitrogen and oxygen atoms in total. The first-order valence-electron chi connectivity index (χ1n) is 6.08. The van der Waals surface area contributed by atoms with Crippen LogP contribution >= 0.6 is 0 Å². The fourth-order valence-corrected chi connectivity index (χ4v) is 3.82. The van der Waals surface area contributed by atoms with Gasteiger partial charge in [0.05, 0.1) is 0 Å². The second-order valence-electron chi connectivity index (χ2n) is 5.71. The molecule has 2 heteroatoms. The average molecular weight is 217 g/mol. The fourth-order valence-electron chi connectivity index (χ4n) is 3.82. The van der Waals surface area contributed by atoms with E-state index in [1.54, 1.807) is 0 Å². The Bertz CT molecular complexity index is 407. The highest BCUT2D eigenvalue weighted by atomic mass is 16.3. The summed E-state index contributed by atoms with van der Waals surface area (Å²) in [6.07, 6.45) is 2.29. The molecule has 2 saturated heterocycles. The Morgan fingerprint density at radius 3 is 2.69 bits per heavy atom. The highest BCUT2D eigenvalue weighted by Gasteiger charge is 2.57. The van der Waals surface area contributed by atoms with Crippen molar-refractivity contribution in [1.82, 2.24) is 5.32 Å². The summed E-state index contributed by atoms with van der Waals surface area (Å²) >= 11 is 0. The molecule has 1 aromatic rings. The van der Waals surface area contributed by atoms with E-state index in [4.69, 9.17) is 0 Å². The number of rotatable bonds is 2. The van der Waals surface area contributed by atoms with Crippen LogP contribution < -0.4 is 5.32 Å². The van der Waals surface area contributed by atoms with Gasteiger partial charge in [0.1, 0.15) is 0 Å². The Labute approximate surface area is 96.7 Å². The first-order valence-corrected chi connectivity index (χ1v) is 6.08. The van der Waals surface area contributed by atoms with Gasteiger partial charge in [-0.1, -0.05) is 24.3 Å². The Balaban J connectivity index is 1.95. The van der Waals surface area contributed by atoms with E-state index in [2.05, 4.69) is 36.5 Å². The van der Waals surface area contributed by atoms with Gasteiger partial charge >= 0.3 is 0 Å². The van der Waals surface area contributed by atoms with Crippen molar-refractivity contribution < 1.29 is 5.11 Å². The SMILES string of the molecule is Cc1ccccc1C12CNCC(CO)(C1)C2. The van der Waals surface area contributed by atoms with E-state index in [0.717, 1.165) is 25.9 Å². The molecule has 2 bridgehead atoms. The van der Waals surface area contributed by atoms with Crippen LogP contribution in [0.2, 0.25) is 0 Å². The van der Waals surface area contributed by atoms with Crippen molar-refractivity contribution in [2.75, 3.05) is 19.7 Å². The molecule has 4 rings (SSSR count). The fraction of sp³-hybridized carbons (Fsp3) is 0.571. The summed E-state index contributed by atoms with van der Waals surface area (Å²) < 4.78 is 0. The van der Waals surface area contributed by atoms with E-state index in [1.807, 2.05) is 0 Å². The summed E-state index contributed by atoms with van der Waals surface area (Å²) in [6, 6.07) is 8.68. The number of benzene rings is 1. The van der Waals surface area contributed by atoms with Crippen molar-refractivity contribution in [3.8, 4) is 0 Å². The minimum Gasteiger partial charge on any atom is -0.396 e. The molecule has 1 aromatic carbocycles. The molecule has 1 saturated carbocycles. The monoisotopic (exact) mass is 217 g/mol. The summed E-state index contributed by atoms with van der Waals surface area (Å²) in [5, 5.41) is 13.0. The van der Waals surface area contributed by atoms with Crippen LogP contribution in [0.3, 0.4) is 0 Å². The number of fused-ring (bicyclic) bond motifs is 2. The van der Waals surface area contributed by atoms with Crippen molar-refractivity contribution in [3.63, 3.8) is 0 Å². The van der Waals surface area contributed by atoms with Crippen molar-refractivity contribution in [2.45, 2.75) is 25.2 Å². The van der Waals surface area contributed by atoms with Gasteiger partial charge in [-0.3, -0.25) is 0 Å². The number of piperidine rings is 2. The van der Waals surface area contributed by atoms with Crippen LogP contribution in [-0.4, -0.2) is 24.8 Å². The van der Waals surface area contributed by atoms with Gasteiger partial charge in [0.15, 0.2) is 0 Å². The molecule has 0 spiro atoms. The number of aliphatic hydroxyl groups excluding tert-OH is 1. The largest absolute Gasteiger partial charge is 0.396 e. The van der Waals surface area contributed by atoms with Crippen LogP contribution in [0.4, 0.5) is 0 Å². The molecule has 2 heterocycles. The maximum absolute atomic E-state index is 9.48. The molecule has 0 amide bonds. The quantitative estimate of drug-likeness (QED) is 0.789. The minimum absolute atomic E-state index is 0.167. The van der Waals surface area contributed by atoms with Gasteiger partial charge in [-0.2, -0.15) is 0 Å². The smallest absolute Gasteiger partial charge is 0.0500 e. The highest BCUT2D eigenvalue weighted by molar-refractivity contribution is 5.39. The summed E-state index contributed by atoms with van der Waals surface area (Å²) in [7, 11) is 0. The second kappa shape index (κ2) is 3.31. The van der Waals surface area contributed by atoms with Gasteiger partial charge in [-0.05, 0) is 30.9 Å².